The monoisotopic (exact) mass is 450 g/mol. The molecule has 0 radical (unpaired) electrons. The Labute approximate surface area is 185 Å². The zero-order valence-electron chi connectivity index (χ0n) is 18.5. The Morgan fingerprint density at radius 1 is 1.03 bits per heavy atom. The van der Waals surface area contributed by atoms with Crippen LogP contribution in [0.25, 0.3) is 0 Å². The average Bonchev–Trinajstić information content (AvgIpc) is 2.97. The molecule has 172 valence electrons. The number of carbonyl (C=O) groups excluding carboxylic acids is 2. The van der Waals surface area contributed by atoms with E-state index in [0.29, 0.717) is 39.0 Å². The normalized spacial score (nSPS) is 17.4. The fourth-order valence-corrected chi connectivity index (χ4v) is 5.36. The summed E-state index contributed by atoms with van der Waals surface area (Å²) >= 11 is 0. The van der Waals surface area contributed by atoms with Gasteiger partial charge in [-0.25, -0.2) is 22.7 Å². The number of hydrogen-bond donors (Lipinski definition) is 2. The van der Waals surface area contributed by atoms with Crippen LogP contribution in [-0.4, -0.2) is 62.5 Å². The summed E-state index contributed by atoms with van der Waals surface area (Å²) in [6.07, 6.45) is 6.29. The van der Waals surface area contributed by atoms with E-state index in [9.17, 15) is 18.0 Å². The standard InChI is InChI=1S/C22H34N4O4S/c1-3-25(4-2)22(28)26-14-12-17-10-11-20(16-18(17)13-15-26)31(29,30)24-21(27)23-19-8-6-5-7-9-19/h10-11,16,19H,3-9,12-15H2,1-2H3,(H2,23,24,27). The maximum atomic E-state index is 12.8. The molecule has 1 aromatic rings. The summed E-state index contributed by atoms with van der Waals surface area (Å²) in [5.41, 5.74) is 1.95. The van der Waals surface area contributed by atoms with Gasteiger partial charge in [0, 0.05) is 32.2 Å². The highest BCUT2D eigenvalue weighted by molar-refractivity contribution is 7.90. The summed E-state index contributed by atoms with van der Waals surface area (Å²) in [6, 6.07) is 4.36. The molecule has 0 spiro atoms. The smallest absolute Gasteiger partial charge is 0.328 e. The maximum Gasteiger partial charge on any atom is 0.328 e. The highest BCUT2D eigenvalue weighted by Crippen LogP contribution is 2.21. The van der Waals surface area contributed by atoms with Gasteiger partial charge in [0.05, 0.1) is 4.90 Å². The lowest BCUT2D eigenvalue weighted by Gasteiger charge is -2.28. The zero-order valence-corrected chi connectivity index (χ0v) is 19.3. The largest absolute Gasteiger partial charge is 0.335 e. The number of benzene rings is 1. The van der Waals surface area contributed by atoms with Crippen LogP contribution in [0.2, 0.25) is 0 Å². The third kappa shape index (κ3) is 5.90. The van der Waals surface area contributed by atoms with E-state index in [1.54, 1.807) is 17.0 Å². The molecular formula is C22H34N4O4S. The summed E-state index contributed by atoms with van der Waals surface area (Å²) in [5, 5.41) is 2.78. The van der Waals surface area contributed by atoms with Crippen LogP contribution in [0, 0.1) is 0 Å². The quantitative estimate of drug-likeness (QED) is 0.721. The Balaban J connectivity index is 1.66. The molecule has 8 nitrogen and oxygen atoms in total. The number of rotatable bonds is 5. The number of urea groups is 2. The average molecular weight is 451 g/mol. The first-order valence-electron chi connectivity index (χ1n) is 11.3. The molecule has 2 aliphatic rings. The van der Waals surface area contributed by atoms with Crippen molar-refractivity contribution in [3.8, 4) is 0 Å². The second kappa shape index (κ2) is 10.3. The number of nitrogens with zero attached hydrogens (tertiary/aromatic N) is 2. The minimum atomic E-state index is -3.96. The van der Waals surface area contributed by atoms with Crippen molar-refractivity contribution < 1.29 is 18.0 Å². The lowest BCUT2D eigenvalue weighted by molar-refractivity contribution is 0.159. The van der Waals surface area contributed by atoms with Crippen molar-refractivity contribution in [2.24, 2.45) is 0 Å². The SMILES string of the molecule is CCN(CC)C(=O)N1CCc2ccc(S(=O)(=O)NC(=O)NC3CCCCC3)cc2CC1. The molecule has 1 fully saturated rings. The van der Waals surface area contributed by atoms with Gasteiger partial charge in [-0.1, -0.05) is 25.3 Å². The van der Waals surface area contributed by atoms with Crippen LogP contribution < -0.4 is 10.0 Å². The molecule has 0 unspecified atom stereocenters. The van der Waals surface area contributed by atoms with Gasteiger partial charge in [-0.05, 0) is 62.8 Å². The lowest BCUT2D eigenvalue weighted by atomic mass is 9.96. The Bertz CT molecular complexity index is 893. The van der Waals surface area contributed by atoms with Gasteiger partial charge in [0.25, 0.3) is 10.0 Å². The second-order valence-electron chi connectivity index (χ2n) is 8.29. The van der Waals surface area contributed by atoms with Gasteiger partial charge >= 0.3 is 12.1 Å². The molecule has 2 N–H and O–H groups in total. The van der Waals surface area contributed by atoms with Gasteiger partial charge in [0.15, 0.2) is 0 Å². The number of carbonyl (C=O) groups is 2. The van der Waals surface area contributed by atoms with Crippen molar-refractivity contribution in [1.82, 2.24) is 19.8 Å². The fourth-order valence-electron chi connectivity index (χ4n) is 4.40. The van der Waals surface area contributed by atoms with E-state index < -0.39 is 16.1 Å². The van der Waals surface area contributed by atoms with Gasteiger partial charge in [0.2, 0.25) is 0 Å². The Hall–Kier alpha value is -2.29. The molecule has 0 atom stereocenters. The van der Waals surface area contributed by atoms with Gasteiger partial charge in [-0.15, -0.1) is 0 Å². The molecule has 3 rings (SSSR count). The van der Waals surface area contributed by atoms with Crippen LogP contribution in [0.15, 0.2) is 23.1 Å². The predicted octanol–water partition coefficient (Wildman–Crippen LogP) is 2.87. The van der Waals surface area contributed by atoms with E-state index in [1.165, 1.54) is 6.07 Å². The van der Waals surface area contributed by atoms with Gasteiger partial charge in [-0.2, -0.15) is 0 Å². The first-order valence-corrected chi connectivity index (χ1v) is 12.8. The summed E-state index contributed by atoms with van der Waals surface area (Å²) in [4.78, 5) is 28.6. The van der Waals surface area contributed by atoms with Gasteiger partial charge in [0.1, 0.15) is 0 Å². The first-order chi connectivity index (χ1) is 14.8. The Kier molecular flexibility index (Phi) is 7.80. The van der Waals surface area contributed by atoms with Crippen LogP contribution in [0.4, 0.5) is 9.59 Å². The van der Waals surface area contributed by atoms with Crippen molar-refractivity contribution in [1.29, 1.82) is 0 Å². The minimum Gasteiger partial charge on any atom is -0.335 e. The van der Waals surface area contributed by atoms with Gasteiger partial charge < -0.3 is 15.1 Å². The number of hydrogen-bond acceptors (Lipinski definition) is 4. The summed E-state index contributed by atoms with van der Waals surface area (Å²) in [5.74, 6) is 0. The summed E-state index contributed by atoms with van der Waals surface area (Å²) in [7, 11) is -3.96. The fraction of sp³-hybridized carbons (Fsp3) is 0.636. The molecule has 1 aliphatic heterocycles. The topological polar surface area (TPSA) is 98.8 Å². The van der Waals surface area contributed by atoms with Crippen LogP contribution in [-0.2, 0) is 22.9 Å². The third-order valence-electron chi connectivity index (χ3n) is 6.26. The number of sulfonamides is 1. The van der Waals surface area contributed by atoms with E-state index in [-0.39, 0.29) is 17.0 Å². The summed E-state index contributed by atoms with van der Waals surface area (Å²) in [6.45, 7) is 6.40. The molecule has 1 heterocycles. The summed E-state index contributed by atoms with van der Waals surface area (Å²) < 4.78 is 27.7. The highest BCUT2D eigenvalue weighted by Gasteiger charge is 2.25. The number of fused-ring (bicyclic) bond motifs is 1. The van der Waals surface area contributed by atoms with Crippen molar-refractivity contribution >= 4 is 22.1 Å². The van der Waals surface area contributed by atoms with Crippen LogP contribution in [0.1, 0.15) is 57.1 Å². The van der Waals surface area contributed by atoms with Crippen LogP contribution in [0.5, 0.6) is 0 Å². The first kappa shape index (κ1) is 23.4. The van der Waals surface area contributed by atoms with E-state index in [0.717, 1.165) is 43.2 Å². The molecule has 4 amide bonds. The van der Waals surface area contributed by atoms with E-state index in [2.05, 4.69) is 10.0 Å². The zero-order chi connectivity index (χ0) is 22.4. The lowest BCUT2D eigenvalue weighted by Crippen LogP contribution is -2.45. The van der Waals surface area contributed by atoms with E-state index >= 15 is 0 Å². The predicted molar refractivity (Wildman–Crippen MR) is 119 cm³/mol. The third-order valence-corrected chi connectivity index (χ3v) is 7.59. The molecule has 1 saturated carbocycles. The molecular weight excluding hydrogens is 416 g/mol. The van der Waals surface area contributed by atoms with E-state index in [4.69, 9.17) is 0 Å². The Morgan fingerprint density at radius 2 is 1.68 bits per heavy atom. The van der Waals surface area contributed by atoms with Crippen molar-refractivity contribution in [2.75, 3.05) is 26.2 Å². The van der Waals surface area contributed by atoms with Gasteiger partial charge in [-0.3, -0.25) is 0 Å². The Morgan fingerprint density at radius 3 is 2.32 bits per heavy atom. The molecule has 31 heavy (non-hydrogen) atoms. The number of nitrogens with one attached hydrogen (secondary N) is 2. The molecule has 9 heteroatoms. The molecule has 1 aliphatic carbocycles. The second-order valence-corrected chi connectivity index (χ2v) is 9.97. The van der Waals surface area contributed by atoms with Crippen LogP contribution >= 0.6 is 0 Å². The molecule has 0 saturated heterocycles. The molecule has 0 aromatic heterocycles. The highest BCUT2D eigenvalue weighted by atomic mass is 32.2. The molecule has 1 aromatic carbocycles. The maximum absolute atomic E-state index is 12.8. The van der Waals surface area contributed by atoms with Crippen LogP contribution in [0.3, 0.4) is 0 Å². The van der Waals surface area contributed by atoms with Crippen molar-refractivity contribution in [3.05, 3.63) is 29.3 Å². The number of amides is 4. The van der Waals surface area contributed by atoms with E-state index in [1.807, 2.05) is 18.7 Å². The molecule has 0 bridgehead atoms. The minimum absolute atomic E-state index is 0.0201. The van der Waals surface area contributed by atoms with Crippen molar-refractivity contribution in [3.63, 3.8) is 0 Å². The van der Waals surface area contributed by atoms with Crippen molar-refractivity contribution in [2.45, 2.75) is 69.7 Å².